The summed E-state index contributed by atoms with van der Waals surface area (Å²) in [5, 5.41) is 10.0. The zero-order valence-electron chi connectivity index (χ0n) is 18.7. The standard InChI is InChI=1S/C27H26ClNO4/c1-18-6-8-19(9-7-18)16-29(17-25(30)31)26(32)21-10-11-24-22(13-21)15-27(2,33-24)14-20-4-3-5-23(28)12-20/h3-13H,14-17H2,1-2H3,(H,30,31). The highest BCUT2D eigenvalue weighted by atomic mass is 35.5. The number of benzene rings is 3. The van der Waals surface area contributed by atoms with Crippen LogP contribution in [0.2, 0.25) is 5.02 Å². The van der Waals surface area contributed by atoms with Gasteiger partial charge in [0.05, 0.1) is 0 Å². The number of carbonyl (C=O) groups is 2. The monoisotopic (exact) mass is 463 g/mol. The first-order chi connectivity index (χ1) is 15.7. The highest BCUT2D eigenvalue weighted by molar-refractivity contribution is 6.30. The van der Waals surface area contributed by atoms with E-state index < -0.39 is 11.6 Å². The summed E-state index contributed by atoms with van der Waals surface area (Å²) in [5.74, 6) is -0.613. The van der Waals surface area contributed by atoms with Crippen LogP contribution in [0.5, 0.6) is 5.75 Å². The number of carboxylic acid groups (broad SMARTS) is 1. The number of carboxylic acids is 1. The minimum absolute atomic E-state index is 0.228. The fraction of sp³-hybridized carbons (Fsp3) is 0.259. The van der Waals surface area contributed by atoms with Gasteiger partial charge in [-0.1, -0.05) is 53.6 Å². The maximum Gasteiger partial charge on any atom is 0.323 e. The molecule has 5 nitrogen and oxygen atoms in total. The number of hydrogen-bond donors (Lipinski definition) is 1. The van der Waals surface area contributed by atoms with Gasteiger partial charge in [0.2, 0.25) is 0 Å². The molecule has 0 aliphatic carbocycles. The predicted octanol–water partition coefficient (Wildman–Crippen LogP) is 5.31. The van der Waals surface area contributed by atoms with Gasteiger partial charge in [-0.3, -0.25) is 9.59 Å². The number of rotatable bonds is 7. The largest absolute Gasteiger partial charge is 0.487 e. The highest BCUT2D eigenvalue weighted by Gasteiger charge is 2.35. The first-order valence-corrected chi connectivity index (χ1v) is 11.2. The lowest BCUT2D eigenvalue weighted by Gasteiger charge is -2.24. The molecule has 3 aromatic rings. The van der Waals surface area contributed by atoms with Crippen molar-refractivity contribution < 1.29 is 19.4 Å². The highest BCUT2D eigenvalue weighted by Crippen LogP contribution is 2.38. The first kappa shape index (κ1) is 22.9. The van der Waals surface area contributed by atoms with Crippen LogP contribution in [0.4, 0.5) is 0 Å². The Morgan fingerprint density at radius 1 is 1.06 bits per heavy atom. The molecule has 0 bridgehead atoms. The van der Waals surface area contributed by atoms with Crippen LogP contribution < -0.4 is 4.74 Å². The maximum absolute atomic E-state index is 13.2. The topological polar surface area (TPSA) is 66.8 Å². The van der Waals surface area contributed by atoms with Gasteiger partial charge in [0, 0.05) is 30.0 Å². The molecule has 1 aliphatic rings. The Labute approximate surface area is 198 Å². The molecular formula is C27H26ClNO4. The number of aryl methyl sites for hydroxylation is 1. The van der Waals surface area contributed by atoms with E-state index in [1.54, 1.807) is 12.1 Å². The molecule has 0 saturated heterocycles. The quantitative estimate of drug-likeness (QED) is 0.515. The molecule has 1 N–H and O–H groups in total. The van der Waals surface area contributed by atoms with E-state index in [1.165, 1.54) is 4.90 Å². The summed E-state index contributed by atoms with van der Waals surface area (Å²) < 4.78 is 6.24. The Balaban J connectivity index is 1.53. The van der Waals surface area contributed by atoms with Gasteiger partial charge < -0.3 is 14.7 Å². The van der Waals surface area contributed by atoms with Crippen molar-refractivity contribution in [2.45, 2.75) is 38.8 Å². The summed E-state index contributed by atoms with van der Waals surface area (Å²) in [5.41, 5.74) is 4.02. The van der Waals surface area contributed by atoms with E-state index in [0.717, 1.165) is 28.0 Å². The molecule has 6 heteroatoms. The first-order valence-electron chi connectivity index (χ1n) is 10.8. The van der Waals surface area contributed by atoms with Crippen LogP contribution in [0.1, 0.15) is 39.5 Å². The molecule has 0 aromatic heterocycles. The van der Waals surface area contributed by atoms with Crippen LogP contribution in [0, 0.1) is 6.92 Å². The molecule has 3 aromatic carbocycles. The van der Waals surface area contributed by atoms with Crippen LogP contribution >= 0.6 is 11.6 Å². The molecule has 1 heterocycles. The van der Waals surface area contributed by atoms with Crippen molar-refractivity contribution in [1.29, 1.82) is 0 Å². The lowest BCUT2D eigenvalue weighted by atomic mass is 9.91. The number of halogens is 1. The maximum atomic E-state index is 13.2. The number of carbonyl (C=O) groups excluding carboxylic acids is 1. The van der Waals surface area contributed by atoms with Crippen LogP contribution in [-0.2, 0) is 24.2 Å². The van der Waals surface area contributed by atoms with Gasteiger partial charge in [-0.05, 0) is 60.9 Å². The average Bonchev–Trinajstić information content (AvgIpc) is 3.08. The van der Waals surface area contributed by atoms with Crippen LogP contribution in [0.3, 0.4) is 0 Å². The Bertz CT molecular complexity index is 1190. The van der Waals surface area contributed by atoms with E-state index in [4.69, 9.17) is 16.3 Å². The van der Waals surface area contributed by atoms with Crippen molar-refractivity contribution in [3.63, 3.8) is 0 Å². The number of hydrogen-bond acceptors (Lipinski definition) is 3. The zero-order valence-corrected chi connectivity index (χ0v) is 19.4. The summed E-state index contributed by atoms with van der Waals surface area (Å²) >= 11 is 6.13. The molecule has 170 valence electrons. The molecule has 1 unspecified atom stereocenters. The Morgan fingerprint density at radius 3 is 2.52 bits per heavy atom. The van der Waals surface area contributed by atoms with Crippen molar-refractivity contribution in [3.8, 4) is 5.75 Å². The normalized spacial score (nSPS) is 16.7. The number of amides is 1. The fourth-order valence-electron chi connectivity index (χ4n) is 4.29. The second kappa shape index (κ2) is 9.28. The van der Waals surface area contributed by atoms with Gasteiger partial charge in [-0.2, -0.15) is 0 Å². The second-order valence-corrected chi connectivity index (χ2v) is 9.33. The molecule has 0 spiro atoms. The van der Waals surface area contributed by atoms with E-state index >= 15 is 0 Å². The Hall–Kier alpha value is -3.31. The van der Waals surface area contributed by atoms with E-state index in [2.05, 4.69) is 0 Å². The second-order valence-electron chi connectivity index (χ2n) is 8.90. The third kappa shape index (κ3) is 5.55. The lowest BCUT2D eigenvalue weighted by Crippen LogP contribution is -2.35. The van der Waals surface area contributed by atoms with Crippen molar-refractivity contribution in [2.24, 2.45) is 0 Å². The molecule has 0 radical (unpaired) electrons. The van der Waals surface area contributed by atoms with Gasteiger partial charge in [0.25, 0.3) is 5.91 Å². The van der Waals surface area contributed by atoms with Crippen molar-refractivity contribution in [3.05, 3.63) is 99.6 Å². The summed E-state index contributed by atoms with van der Waals surface area (Å²) in [7, 11) is 0. The van der Waals surface area contributed by atoms with Crippen LogP contribution in [0.15, 0.2) is 66.7 Å². The van der Waals surface area contributed by atoms with Crippen molar-refractivity contribution in [1.82, 2.24) is 4.90 Å². The Kier molecular flexibility index (Phi) is 6.43. The molecule has 1 amide bonds. The van der Waals surface area contributed by atoms with E-state index in [1.807, 2.05) is 68.4 Å². The fourth-order valence-corrected chi connectivity index (χ4v) is 4.50. The third-order valence-corrected chi connectivity index (χ3v) is 6.04. The zero-order chi connectivity index (χ0) is 23.6. The summed E-state index contributed by atoms with van der Waals surface area (Å²) in [6.45, 7) is 3.89. The van der Waals surface area contributed by atoms with Gasteiger partial charge in [-0.25, -0.2) is 0 Å². The predicted molar refractivity (Wildman–Crippen MR) is 128 cm³/mol. The Morgan fingerprint density at radius 2 is 1.82 bits per heavy atom. The van der Waals surface area contributed by atoms with Crippen LogP contribution in [0.25, 0.3) is 0 Å². The smallest absolute Gasteiger partial charge is 0.323 e. The van der Waals surface area contributed by atoms with Gasteiger partial charge in [0.15, 0.2) is 0 Å². The molecule has 33 heavy (non-hydrogen) atoms. The van der Waals surface area contributed by atoms with E-state index in [9.17, 15) is 14.7 Å². The molecule has 0 saturated carbocycles. The average molecular weight is 464 g/mol. The molecule has 0 fully saturated rings. The summed E-state index contributed by atoms with van der Waals surface area (Å²) in [6, 6.07) is 20.8. The minimum atomic E-state index is -1.05. The number of ether oxygens (including phenoxy) is 1. The van der Waals surface area contributed by atoms with Gasteiger partial charge >= 0.3 is 5.97 Å². The molecular weight excluding hydrogens is 438 g/mol. The third-order valence-electron chi connectivity index (χ3n) is 5.80. The van der Waals surface area contributed by atoms with E-state index in [0.29, 0.717) is 23.4 Å². The molecule has 4 rings (SSSR count). The number of fused-ring (bicyclic) bond motifs is 1. The summed E-state index contributed by atoms with van der Waals surface area (Å²) in [6.07, 6.45) is 1.33. The molecule has 1 atom stereocenters. The van der Waals surface area contributed by atoms with Crippen molar-refractivity contribution >= 4 is 23.5 Å². The van der Waals surface area contributed by atoms with E-state index in [-0.39, 0.29) is 19.0 Å². The molecule has 1 aliphatic heterocycles. The van der Waals surface area contributed by atoms with Gasteiger partial charge in [0.1, 0.15) is 17.9 Å². The number of nitrogens with zero attached hydrogens (tertiary/aromatic N) is 1. The van der Waals surface area contributed by atoms with Crippen LogP contribution in [-0.4, -0.2) is 34.0 Å². The minimum Gasteiger partial charge on any atom is -0.487 e. The number of aliphatic carboxylic acids is 1. The SMILES string of the molecule is Cc1ccc(CN(CC(=O)O)C(=O)c2ccc3c(c2)CC(C)(Cc2cccc(Cl)c2)O3)cc1. The van der Waals surface area contributed by atoms with Crippen molar-refractivity contribution in [2.75, 3.05) is 6.54 Å². The summed E-state index contributed by atoms with van der Waals surface area (Å²) in [4.78, 5) is 26.0. The lowest BCUT2D eigenvalue weighted by molar-refractivity contribution is -0.137. The van der Waals surface area contributed by atoms with Gasteiger partial charge in [-0.15, -0.1) is 0 Å².